The number of ether oxygens (including phenoxy) is 1. The quantitative estimate of drug-likeness (QED) is 0.242. The number of thiazole rings is 1. The molecule has 3 rings (SSSR count). The normalized spacial score (nSPS) is 11.1. The smallest absolute Gasteiger partial charge is 0.204 e. The minimum atomic E-state index is 0.740. The molecule has 3 aromatic rings. The minimum absolute atomic E-state index is 0.740. The highest BCUT2D eigenvalue weighted by Crippen LogP contribution is 2.30. The number of benzene rings is 2. The Morgan fingerprint density at radius 1 is 1.04 bits per heavy atom. The summed E-state index contributed by atoms with van der Waals surface area (Å²) in [5, 5.41) is 5.15. The summed E-state index contributed by atoms with van der Waals surface area (Å²) in [6.07, 6.45) is 6.58. The second-order valence-electron chi connectivity index (χ2n) is 6.61. The van der Waals surface area contributed by atoms with Crippen LogP contribution in [0.5, 0.6) is 5.75 Å². The van der Waals surface area contributed by atoms with Gasteiger partial charge in [-0.15, -0.1) is 11.3 Å². The lowest BCUT2D eigenvalue weighted by atomic mass is 10.1. The van der Waals surface area contributed by atoms with Crippen molar-refractivity contribution in [1.29, 1.82) is 0 Å². The Balaban J connectivity index is 1.61. The molecule has 0 unspecified atom stereocenters. The lowest BCUT2D eigenvalue weighted by Crippen LogP contribution is -2.00. The zero-order chi connectivity index (χ0) is 19.6. The summed E-state index contributed by atoms with van der Waals surface area (Å²) in [6.45, 7) is 5.04. The third kappa shape index (κ3) is 5.67. The van der Waals surface area contributed by atoms with Gasteiger partial charge in [0.1, 0.15) is 5.75 Å². The third-order valence-electron chi connectivity index (χ3n) is 4.38. The number of aryl methyl sites for hydroxylation is 1. The van der Waals surface area contributed by atoms with Crippen LogP contribution in [0.1, 0.15) is 43.0 Å². The summed E-state index contributed by atoms with van der Waals surface area (Å²) < 4.78 is 5.94. The maximum absolute atomic E-state index is 5.94. The number of nitrogens with zero attached hydrogens (tertiary/aromatic N) is 2. The van der Waals surface area contributed by atoms with Gasteiger partial charge in [-0.3, -0.25) is 5.43 Å². The standard InChI is InChI=1S/C23H27N3OS/c1-3-4-5-11-16-27-21-15-10-9-14-20(21)17-24-26-23-25-22(18(2)28-23)19-12-7-6-8-13-19/h6-10,12-15,17H,3-5,11,16H2,1-2H3,(H,25,26)/b24-17+. The molecule has 0 spiro atoms. The molecule has 5 heteroatoms. The van der Waals surface area contributed by atoms with Crippen LogP contribution in [0.2, 0.25) is 0 Å². The van der Waals surface area contributed by atoms with Gasteiger partial charge in [0.05, 0.1) is 18.5 Å². The molecule has 2 aromatic carbocycles. The summed E-state index contributed by atoms with van der Waals surface area (Å²) >= 11 is 1.60. The van der Waals surface area contributed by atoms with E-state index in [4.69, 9.17) is 4.74 Å². The Hall–Kier alpha value is -2.66. The summed E-state index contributed by atoms with van der Waals surface area (Å²) in [5.41, 5.74) is 6.14. The van der Waals surface area contributed by atoms with E-state index in [1.54, 1.807) is 17.6 Å². The summed E-state index contributed by atoms with van der Waals surface area (Å²) in [4.78, 5) is 5.84. The van der Waals surface area contributed by atoms with Crippen molar-refractivity contribution in [3.8, 4) is 17.0 Å². The number of unbranched alkanes of at least 4 members (excludes halogenated alkanes) is 3. The summed E-state index contributed by atoms with van der Waals surface area (Å²) in [6, 6.07) is 18.2. The van der Waals surface area contributed by atoms with Crippen LogP contribution in [0.4, 0.5) is 5.13 Å². The van der Waals surface area contributed by atoms with Crippen LogP contribution >= 0.6 is 11.3 Å². The second kappa shape index (κ2) is 10.6. The number of aromatic nitrogens is 1. The second-order valence-corrected chi connectivity index (χ2v) is 7.81. The van der Waals surface area contributed by atoms with Crippen LogP contribution in [0.25, 0.3) is 11.3 Å². The average molecular weight is 394 g/mol. The van der Waals surface area contributed by atoms with E-state index < -0.39 is 0 Å². The Bertz CT molecular complexity index is 890. The first-order valence-corrected chi connectivity index (χ1v) is 10.6. The number of rotatable bonds is 10. The van der Waals surface area contributed by atoms with Gasteiger partial charge in [-0.1, -0.05) is 68.7 Å². The van der Waals surface area contributed by atoms with E-state index in [0.29, 0.717) is 0 Å². The number of anilines is 1. The van der Waals surface area contributed by atoms with E-state index in [1.807, 2.05) is 42.5 Å². The van der Waals surface area contributed by atoms with E-state index in [1.165, 1.54) is 24.1 Å². The predicted molar refractivity (Wildman–Crippen MR) is 120 cm³/mol. The lowest BCUT2D eigenvalue weighted by Gasteiger charge is -2.08. The number of hydrogen-bond acceptors (Lipinski definition) is 5. The van der Waals surface area contributed by atoms with Crippen molar-refractivity contribution in [2.75, 3.05) is 12.0 Å². The largest absolute Gasteiger partial charge is 0.493 e. The van der Waals surface area contributed by atoms with Crippen LogP contribution in [-0.2, 0) is 0 Å². The van der Waals surface area contributed by atoms with Crippen molar-refractivity contribution in [1.82, 2.24) is 4.98 Å². The maximum atomic E-state index is 5.94. The van der Waals surface area contributed by atoms with Gasteiger partial charge in [-0.05, 0) is 25.5 Å². The highest BCUT2D eigenvalue weighted by Gasteiger charge is 2.09. The van der Waals surface area contributed by atoms with E-state index in [0.717, 1.165) is 40.7 Å². The SMILES string of the molecule is CCCCCCOc1ccccc1/C=N/Nc1nc(-c2ccccc2)c(C)s1. The van der Waals surface area contributed by atoms with Gasteiger partial charge in [0.15, 0.2) is 0 Å². The molecule has 146 valence electrons. The fourth-order valence-electron chi connectivity index (χ4n) is 2.89. The first-order chi connectivity index (χ1) is 13.8. The zero-order valence-corrected chi connectivity index (χ0v) is 17.3. The highest BCUT2D eigenvalue weighted by molar-refractivity contribution is 7.15. The van der Waals surface area contributed by atoms with Gasteiger partial charge in [-0.25, -0.2) is 4.98 Å². The summed E-state index contributed by atoms with van der Waals surface area (Å²) in [5.74, 6) is 0.866. The molecule has 0 fully saturated rings. The minimum Gasteiger partial charge on any atom is -0.493 e. The van der Waals surface area contributed by atoms with Gasteiger partial charge in [0.25, 0.3) is 0 Å². The fourth-order valence-corrected chi connectivity index (χ4v) is 3.68. The van der Waals surface area contributed by atoms with Crippen LogP contribution in [-0.4, -0.2) is 17.8 Å². The van der Waals surface area contributed by atoms with Gasteiger partial charge in [-0.2, -0.15) is 5.10 Å². The van der Waals surface area contributed by atoms with Crippen molar-refractivity contribution < 1.29 is 4.74 Å². The Labute approximate surface area is 171 Å². The monoisotopic (exact) mass is 393 g/mol. The fraction of sp³-hybridized carbons (Fsp3) is 0.304. The zero-order valence-electron chi connectivity index (χ0n) is 16.5. The molecule has 0 aliphatic rings. The summed E-state index contributed by atoms with van der Waals surface area (Å²) in [7, 11) is 0. The molecule has 0 radical (unpaired) electrons. The Kier molecular flexibility index (Phi) is 7.62. The molecule has 0 saturated heterocycles. The predicted octanol–water partition coefficient (Wildman–Crippen LogP) is 6.52. The third-order valence-corrected chi connectivity index (χ3v) is 5.26. The van der Waals surface area contributed by atoms with Crippen LogP contribution in [0.15, 0.2) is 59.7 Å². The van der Waals surface area contributed by atoms with Gasteiger partial charge in [0.2, 0.25) is 5.13 Å². The molecule has 0 bridgehead atoms. The molecule has 0 aliphatic carbocycles. The van der Waals surface area contributed by atoms with Crippen molar-refractivity contribution in [3.05, 3.63) is 65.0 Å². The number of nitrogens with one attached hydrogen (secondary N) is 1. The van der Waals surface area contributed by atoms with Crippen molar-refractivity contribution >= 4 is 22.7 Å². The number of hydrogen-bond donors (Lipinski definition) is 1. The number of hydrazone groups is 1. The molecule has 1 aromatic heterocycles. The molecule has 0 amide bonds. The molecule has 0 aliphatic heterocycles. The lowest BCUT2D eigenvalue weighted by molar-refractivity contribution is 0.304. The Morgan fingerprint density at radius 3 is 2.64 bits per heavy atom. The first kappa shape index (κ1) is 20.1. The molecular formula is C23H27N3OS. The van der Waals surface area contributed by atoms with Gasteiger partial charge in [0, 0.05) is 16.0 Å². The highest BCUT2D eigenvalue weighted by atomic mass is 32.1. The number of para-hydroxylation sites is 1. The van der Waals surface area contributed by atoms with E-state index in [9.17, 15) is 0 Å². The van der Waals surface area contributed by atoms with E-state index in [-0.39, 0.29) is 0 Å². The van der Waals surface area contributed by atoms with Crippen LogP contribution in [0, 0.1) is 6.92 Å². The van der Waals surface area contributed by atoms with Gasteiger partial charge < -0.3 is 4.74 Å². The molecule has 1 heterocycles. The molecular weight excluding hydrogens is 366 g/mol. The van der Waals surface area contributed by atoms with Crippen LogP contribution in [0.3, 0.4) is 0 Å². The van der Waals surface area contributed by atoms with E-state index in [2.05, 4.69) is 41.5 Å². The van der Waals surface area contributed by atoms with E-state index >= 15 is 0 Å². The molecule has 1 N–H and O–H groups in total. The molecule has 4 nitrogen and oxygen atoms in total. The van der Waals surface area contributed by atoms with Crippen molar-refractivity contribution in [2.45, 2.75) is 39.5 Å². The van der Waals surface area contributed by atoms with Crippen molar-refractivity contribution in [3.63, 3.8) is 0 Å². The van der Waals surface area contributed by atoms with Crippen molar-refractivity contribution in [2.24, 2.45) is 5.10 Å². The molecule has 0 saturated carbocycles. The molecule has 0 atom stereocenters. The average Bonchev–Trinajstić information content (AvgIpc) is 3.10. The topological polar surface area (TPSA) is 46.5 Å². The maximum Gasteiger partial charge on any atom is 0.204 e. The molecule has 28 heavy (non-hydrogen) atoms. The first-order valence-electron chi connectivity index (χ1n) is 9.81. The van der Waals surface area contributed by atoms with Crippen LogP contribution < -0.4 is 10.2 Å². The van der Waals surface area contributed by atoms with Gasteiger partial charge >= 0.3 is 0 Å². The Morgan fingerprint density at radius 2 is 1.82 bits per heavy atom.